The van der Waals surface area contributed by atoms with Gasteiger partial charge in [0.1, 0.15) is 0 Å². The number of unbranched alkanes of at least 4 members (excludes halogenated alkanes) is 22. The lowest BCUT2D eigenvalue weighted by Gasteiger charge is -2.13. The lowest BCUT2D eigenvalue weighted by Crippen LogP contribution is -2.05. The van der Waals surface area contributed by atoms with E-state index in [2.05, 4.69) is 140 Å². The van der Waals surface area contributed by atoms with Crippen LogP contribution in [0.15, 0.2) is 129 Å². The van der Waals surface area contributed by atoms with Crippen molar-refractivity contribution < 1.29 is 0 Å². The van der Waals surface area contributed by atoms with E-state index in [1.54, 1.807) is 0 Å². The molecule has 6 rings (SSSR count). The molecule has 0 bridgehead atoms. The van der Waals surface area contributed by atoms with Gasteiger partial charge in [-0.25, -0.2) is 9.97 Å². The molecule has 0 amide bonds. The van der Waals surface area contributed by atoms with Gasteiger partial charge in [-0.2, -0.15) is 0 Å². The Hall–Kier alpha value is -6.14. The molecule has 0 saturated heterocycles. The first kappa shape index (κ1) is 64.0. The van der Waals surface area contributed by atoms with Crippen molar-refractivity contribution in [3.05, 3.63) is 176 Å². The lowest BCUT2D eigenvalue weighted by atomic mass is 9.96. The van der Waals surface area contributed by atoms with Gasteiger partial charge in [0, 0.05) is 0 Å². The quantitative estimate of drug-likeness (QED) is 0.0290. The monoisotopic (exact) mass is 1090 g/mol. The molecule has 0 saturated carbocycles. The standard InChI is InChI=1S/C75H102N6/c1-11-13-15-17-19-21-23-25-27-29-31-33-37-64-43-47-68(48-44-64)76-60(7)70-39-35-41-72(80-70)62(9)78-74-56(3)51-66(52-57(74)4)55-67-53-58(5)75(59(6)54-67)79-63(10)73-42-36-40-71(81-73)61(8)77-69-49-45-65(46-50-69)38-34-32-30-28-26-24-22-20-18-16-14-12-2/h35-36,39-54H,11-34,37-38,55H2,1-10H3/b76-60+,77-61+,78-62+,79-63+. The zero-order chi connectivity index (χ0) is 57.6. The average Bonchev–Trinajstić information content (AvgIpc) is 3.46. The number of pyridine rings is 2. The summed E-state index contributed by atoms with van der Waals surface area (Å²) in [4.78, 5) is 30.4. The van der Waals surface area contributed by atoms with E-state index in [0.717, 1.165) is 110 Å². The minimum Gasteiger partial charge on any atom is -0.252 e. The fourth-order valence-corrected chi connectivity index (χ4v) is 11.3. The molecule has 0 fully saturated rings. The van der Waals surface area contributed by atoms with Crippen molar-refractivity contribution >= 4 is 45.6 Å². The first-order chi connectivity index (χ1) is 39.4. The van der Waals surface area contributed by atoms with Crippen molar-refractivity contribution in [2.45, 2.75) is 243 Å². The molecule has 0 radical (unpaired) electrons. The molecular weight excluding hydrogens is 985 g/mol. The second kappa shape index (κ2) is 35.7. The van der Waals surface area contributed by atoms with Crippen LogP contribution in [0.4, 0.5) is 22.7 Å². The highest BCUT2D eigenvalue weighted by molar-refractivity contribution is 6.03. The molecule has 0 spiro atoms. The Labute approximate surface area is 492 Å². The first-order valence-electron chi connectivity index (χ1n) is 32.0. The van der Waals surface area contributed by atoms with Gasteiger partial charge in [0.15, 0.2) is 0 Å². The third-order valence-corrected chi connectivity index (χ3v) is 16.2. The van der Waals surface area contributed by atoms with Crippen molar-refractivity contribution in [1.82, 2.24) is 9.97 Å². The van der Waals surface area contributed by atoms with E-state index in [4.69, 9.17) is 29.9 Å². The summed E-state index contributed by atoms with van der Waals surface area (Å²) in [6.07, 6.45) is 36.2. The van der Waals surface area contributed by atoms with Crippen LogP contribution in [0.25, 0.3) is 0 Å². The van der Waals surface area contributed by atoms with Gasteiger partial charge in [0.2, 0.25) is 0 Å². The van der Waals surface area contributed by atoms with Crippen LogP contribution < -0.4 is 0 Å². The van der Waals surface area contributed by atoms with Gasteiger partial charge in [-0.05, 0) is 181 Å². The van der Waals surface area contributed by atoms with Crippen LogP contribution in [-0.4, -0.2) is 32.8 Å². The molecule has 0 aliphatic heterocycles. The molecule has 432 valence electrons. The SMILES string of the molecule is CCCCCCCCCCCCCCc1ccc(/N=C(\C)c2cccc(/C(C)=N/c3c(C)cc(Cc4cc(C)c(/N=C(\C)c5cccc(/C(C)=N/c6ccc(CCCCCCCCCCCCCC)cc6)n5)c(C)c4)cc3C)n2)cc1. The fraction of sp³-hybridized carbons (Fsp3) is 0.493. The third kappa shape index (κ3) is 22.6. The highest BCUT2D eigenvalue weighted by Gasteiger charge is 2.13. The fourth-order valence-electron chi connectivity index (χ4n) is 11.3. The number of aromatic nitrogens is 2. The third-order valence-electron chi connectivity index (χ3n) is 16.2. The molecule has 0 N–H and O–H groups in total. The molecule has 4 aromatic carbocycles. The van der Waals surface area contributed by atoms with Gasteiger partial charge in [-0.1, -0.05) is 216 Å². The van der Waals surface area contributed by atoms with Crippen LogP contribution in [0, 0.1) is 27.7 Å². The Morgan fingerprint density at radius 3 is 0.852 bits per heavy atom. The van der Waals surface area contributed by atoms with Crippen LogP contribution in [0.3, 0.4) is 0 Å². The summed E-state index contributed by atoms with van der Waals surface area (Å²) >= 11 is 0. The van der Waals surface area contributed by atoms with Crippen LogP contribution >= 0.6 is 0 Å². The van der Waals surface area contributed by atoms with Gasteiger partial charge in [0.05, 0.1) is 68.4 Å². The second-order valence-corrected chi connectivity index (χ2v) is 23.5. The minimum absolute atomic E-state index is 0.823. The minimum atomic E-state index is 0.823. The van der Waals surface area contributed by atoms with Gasteiger partial charge in [-0.3, -0.25) is 20.0 Å². The van der Waals surface area contributed by atoms with E-state index in [0.29, 0.717) is 0 Å². The molecule has 0 unspecified atom stereocenters. The Balaban J connectivity index is 0.979. The predicted molar refractivity (Wildman–Crippen MR) is 353 cm³/mol. The molecule has 0 aliphatic carbocycles. The number of hydrogen-bond donors (Lipinski definition) is 0. The molecule has 6 heteroatoms. The number of aliphatic imine (C=N–C) groups is 4. The molecule has 0 atom stereocenters. The Morgan fingerprint density at radius 1 is 0.309 bits per heavy atom. The molecule has 81 heavy (non-hydrogen) atoms. The summed E-state index contributed by atoms with van der Waals surface area (Å²) in [5.41, 5.74) is 20.8. The number of aryl methyl sites for hydroxylation is 6. The van der Waals surface area contributed by atoms with Crippen LogP contribution in [0.2, 0.25) is 0 Å². The van der Waals surface area contributed by atoms with Gasteiger partial charge in [0.25, 0.3) is 0 Å². The lowest BCUT2D eigenvalue weighted by molar-refractivity contribution is 0.544. The maximum Gasteiger partial charge on any atom is 0.0849 e. The smallest absolute Gasteiger partial charge is 0.0849 e. The van der Waals surface area contributed by atoms with E-state index in [9.17, 15) is 0 Å². The number of nitrogens with zero attached hydrogens (tertiary/aromatic N) is 6. The van der Waals surface area contributed by atoms with Crippen molar-refractivity contribution in [3.8, 4) is 0 Å². The predicted octanol–water partition coefficient (Wildman–Crippen LogP) is 22.4. The summed E-state index contributed by atoms with van der Waals surface area (Å²) in [5.74, 6) is 0. The molecule has 6 nitrogen and oxygen atoms in total. The van der Waals surface area contributed by atoms with Crippen molar-refractivity contribution in [2.24, 2.45) is 20.0 Å². The van der Waals surface area contributed by atoms with Crippen LogP contribution in [-0.2, 0) is 19.3 Å². The van der Waals surface area contributed by atoms with Crippen molar-refractivity contribution in [3.63, 3.8) is 0 Å². The highest BCUT2D eigenvalue weighted by Crippen LogP contribution is 2.31. The highest BCUT2D eigenvalue weighted by atomic mass is 14.9. The summed E-state index contributed by atoms with van der Waals surface area (Å²) in [5, 5.41) is 0. The molecule has 6 aromatic rings. The molecular formula is C75H102N6. The Morgan fingerprint density at radius 2 is 0.568 bits per heavy atom. The summed E-state index contributed by atoms with van der Waals surface area (Å²) in [6, 6.07) is 39.0. The van der Waals surface area contributed by atoms with Crippen LogP contribution in [0.5, 0.6) is 0 Å². The number of hydrogen-bond acceptors (Lipinski definition) is 6. The van der Waals surface area contributed by atoms with E-state index in [-0.39, 0.29) is 0 Å². The Bertz CT molecular complexity index is 2710. The zero-order valence-corrected chi connectivity index (χ0v) is 52.2. The van der Waals surface area contributed by atoms with E-state index < -0.39 is 0 Å². The summed E-state index contributed by atoms with van der Waals surface area (Å²) < 4.78 is 0. The van der Waals surface area contributed by atoms with Gasteiger partial charge in [-0.15, -0.1) is 0 Å². The average molecular weight is 1090 g/mol. The van der Waals surface area contributed by atoms with Crippen molar-refractivity contribution in [1.29, 1.82) is 0 Å². The normalized spacial score (nSPS) is 12.5. The van der Waals surface area contributed by atoms with E-state index in [1.165, 1.54) is 176 Å². The zero-order valence-electron chi connectivity index (χ0n) is 52.2. The van der Waals surface area contributed by atoms with Gasteiger partial charge >= 0.3 is 0 Å². The van der Waals surface area contributed by atoms with Gasteiger partial charge < -0.3 is 0 Å². The van der Waals surface area contributed by atoms with E-state index >= 15 is 0 Å². The molecule has 2 aromatic heterocycles. The molecule has 2 heterocycles. The maximum absolute atomic E-state index is 5.18. The van der Waals surface area contributed by atoms with E-state index in [1.807, 2.05) is 38.1 Å². The number of rotatable bonds is 36. The first-order valence-corrected chi connectivity index (χ1v) is 32.0. The summed E-state index contributed by atoms with van der Waals surface area (Å²) in [7, 11) is 0. The topological polar surface area (TPSA) is 75.2 Å². The second-order valence-electron chi connectivity index (χ2n) is 23.5. The Kier molecular flexibility index (Phi) is 28.2. The van der Waals surface area contributed by atoms with Crippen molar-refractivity contribution in [2.75, 3.05) is 0 Å². The molecule has 0 aliphatic rings. The largest absolute Gasteiger partial charge is 0.252 e. The number of benzene rings is 4. The van der Waals surface area contributed by atoms with Crippen LogP contribution in [0.1, 0.15) is 263 Å². The summed E-state index contributed by atoms with van der Waals surface area (Å²) in [6.45, 7) is 21.5. The maximum atomic E-state index is 5.18.